The quantitative estimate of drug-likeness (QED) is 0.561. The fraction of sp³-hybridized carbons (Fsp3) is 0.0833. The second-order valence-electron chi connectivity index (χ2n) is 6.40. The molecule has 0 amide bonds. The number of carbonyl (C=O) groups excluding carboxylic acids is 4. The summed E-state index contributed by atoms with van der Waals surface area (Å²) in [6, 6.07) is 17.3. The van der Waals surface area contributed by atoms with E-state index in [0.29, 0.717) is 5.56 Å². The Morgan fingerprint density at radius 1 is 0.700 bits per heavy atom. The molecule has 30 heavy (non-hydrogen) atoms. The first kappa shape index (κ1) is 20.7. The van der Waals surface area contributed by atoms with Crippen LogP contribution in [0.1, 0.15) is 25.0 Å². The summed E-state index contributed by atoms with van der Waals surface area (Å²) in [7, 11) is 0. The summed E-state index contributed by atoms with van der Waals surface area (Å²) in [5.41, 5.74) is 0.820. The van der Waals surface area contributed by atoms with Crippen LogP contribution < -0.4 is 0 Å². The van der Waals surface area contributed by atoms with E-state index in [4.69, 9.17) is 9.47 Å². The fourth-order valence-corrected chi connectivity index (χ4v) is 2.93. The molecule has 0 aromatic heterocycles. The van der Waals surface area contributed by atoms with Crippen molar-refractivity contribution in [2.24, 2.45) is 0 Å². The van der Waals surface area contributed by atoms with E-state index in [1.54, 1.807) is 48.5 Å². The predicted molar refractivity (Wildman–Crippen MR) is 109 cm³/mol. The van der Waals surface area contributed by atoms with E-state index in [1.165, 1.54) is 6.08 Å². The van der Waals surface area contributed by atoms with Gasteiger partial charge in [0.25, 0.3) is 0 Å². The predicted octanol–water partition coefficient (Wildman–Crippen LogP) is 3.64. The Bertz CT molecular complexity index is 1100. The minimum atomic E-state index is -0.750. The van der Waals surface area contributed by atoms with Crippen LogP contribution in [0.2, 0.25) is 0 Å². The van der Waals surface area contributed by atoms with E-state index in [1.807, 2.05) is 18.2 Å². The lowest BCUT2D eigenvalue weighted by atomic mass is 9.88. The molecule has 150 valence electrons. The van der Waals surface area contributed by atoms with Crippen LogP contribution in [0.4, 0.5) is 0 Å². The van der Waals surface area contributed by atoms with E-state index >= 15 is 0 Å². The maximum absolute atomic E-state index is 13.3. The van der Waals surface area contributed by atoms with Crippen molar-refractivity contribution in [3.8, 4) is 0 Å². The molecule has 0 heterocycles. The number of benzene rings is 2. The van der Waals surface area contributed by atoms with Crippen molar-refractivity contribution in [2.75, 3.05) is 0 Å². The van der Waals surface area contributed by atoms with Gasteiger partial charge in [-0.15, -0.1) is 0 Å². The summed E-state index contributed by atoms with van der Waals surface area (Å²) >= 11 is 0. The summed E-state index contributed by atoms with van der Waals surface area (Å²) in [5.74, 6) is -3.76. The molecule has 0 saturated heterocycles. The highest BCUT2D eigenvalue weighted by molar-refractivity contribution is 6.39. The number of rotatable bonds is 5. The van der Waals surface area contributed by atoms with Gasteiger partial charge >= 0.3 is 11.9 Å². The molecule has 1 aliphatic rings. The normalized spacial score (nSPS) is 14.3. The van der Waals surface area contributed by atoms with Gasteiger partial charge in [0.15, 0.2) is 11.5 Å². The topological polar surface area (TPSA) is 86.7 Å². The van der Waals surface area contributed by atoms with Crippen molar-refractivity contribution in [3.05, 3.63) is 95.0 Å². The van der Waals surface area contributed by atoms with Crippen molar-refractivity contribution in [2.45, 2.75) is 13.8 Å². The average molecular weight is 402 g/mol. The number of hydrogen-bond donors (Lipinski definition) is 0. The highest BCUT2D eigenvalue weighted by Crippen LogP contribution is 2.33. The van der Waals surface area contributed by atoms with E-state index in [0.717, 1.165) is 19.4 Å². The summed E-state index contributed by atoms with van der Waals surface area (Å²) in [6.45, 7) is 2.27. The van der Waals surface area contributed by atoms with E-state index in [-0.39, 0.29) is 11.1 Å². The van der Waals surface area contributed by atoms with Crippen LogP contribution in [0.3, 0.4) is 0 Å². The van der Waals surface area contributed by atoms with Gasteiger partial charge in [-0.1, -0.05) is 66.7 Å². The van der Waals surface area contributed by atoms with Crippen molar-refractivity contribution >= 4 is 35.2 Å². The molecule has 0 unspecified atom stereocenters. The monoisotopic (exact) mass is 402 g/mol. The Balaban J connectivity index is 2.18. The summed E-state index contributed by atoms with van der Waals surface area (Å²) in [4.78, 5) is 49.8. The molecule has 0 aliphatic heterocycles. The van der Waals surface area contributed by atoms with Crippen molar-refractivity contribution in [1.82, 2.24) is 0 Å². The largest absolute Gasteiger partial charge is 0.422 e. The molecule has 1 aliphatic carbocycles. The molecule has 0 bridgehead atoms. The summed E-state index contributed by atoms with van der Waals surface area (Å²) < 4.78 is 10.3. The van der Waals surface area contributed by atoms with Crippen LogP contribution in [0.15, 0.2) is 83.8 Å². The zero-order valence-corrected chi connectivity index (χ0v) is 16.4. The first-order valence-electron chi connectivity index (χ1n) is 9.12. The molecule has 6 heteroatoms. The number of hydrogen-bond acceptors (Lipinski definition) is 6. The molecular formula is C24H18O6. The molecule has 2 aromatic carbocycles. The molecule has 0 atom stereocenters. The number of allylic oxidation sites excluding steroid dienone is 3. The van der Waals surface area contributed by atoms with Gasteiger partial charge in [0.2, 0.25) is 11.6 Å². The van der Waals surface area contributed by atoms with Gasteiger partial charge in [-0.25, -0.2) is 0 Å². The average Bonchev–Trinajstić information content (AvgIpc) is 2.72. The lowest BCUT2D eigenvalue weighted by Crippen LogP contribution is -2.27. The minimum absolute atomic E-state index is 0.135. The fourth-order valence-electron chi connectivity index (χ4n) is 2.93. The number of Topliss-reactive ketones (excluding diaryl/α,β-unsaturated/α-hetero) is 2. The van der Waals surface area contributed by atoms with Crippen LogP contribution in [0.5, 0.6) is 0 Å². The molecule has 6 nitrogen and oxygen atoms in total. The van der Waals surface area contributed by atoms with Crippen molar-refractivity contribution in [1.29, 1.82) is 0 Å². The number of carbonyl (C=O) groups is 4. The zero-order chi connectivity index (χ0) is 21.7. The standard InChI is InChI=1S/C24H18O6/c1-15(25)29-23-19(14-13-17-9-5-3-6-10-17)21(27)24(30-16(2)26)20(22(23)28)18-11-7-4-8-12-18/h3-14H,1-2H3. The van der Waals surface area contributed by atoms with Crippen LogP contribution >= 0.6 is 0 Å². The van der Waals surface area contributed by atoms with Gasteiger partial charge in [-0.3, -0.25) is 19.2 Å². The van der Waals surface area contributed by atoms with E-state index in [9.17, 15) is 19.2 Å². The number of ether oxygens (including phenoxy) is 2. The van der Waals surface area contributed by atoms with Gasteiger partial charge in [0, 0.05) is 13.8 Å². The van der Waals surface area contributed by atoms with Crippen LogP contribution in [0, 0.1) is 0 Å². The van der Waals surface area contributed by atoms with Crippen LogP contribution in [0.25, 0.3) is 11.6 Å². The van der Waals surface area contributed by atoms with E-state index < -0.39 is 35.0 Å². The zero-order valence-electron chi connectivity index (χ0n) is 16.4. The van der Waals surface area contributed by atoms with Crippen LogP contribution in [-0.4, -0.2) is 23.5 Å². The third-order valence-corrected chi connectivity index (χ3v) is 4.15. The maximum atomic E-state index is 13.3. The molecule has 2 aromatic rings. The summed E-state index contributed by atoms with van der Waals surface area (Å²) in [6.07, 6.45) is 2.97. The molecule has 0 spiro atoms. The maximum Gasteiger partial charge on any atom is 0.308 e. The highest BCUT2D eigenvalue weighted by atomic mass is 16.5. The Labute approximate surface area is 173 Å². The molecule has 0 saturated carbocycles. The van der Waals surface area contributed by atoms with Crippen molar-refractivity contribution < 1.29 is 28.7 Å². The molecule has 0 N–H and O–H groups in total. The third kappa shape index (κ3) is 4.50. The first-order chi connectivity index (χ1) is 14.4. The lowest BCUT2D eigenvalue weighted by molar-refractivity contribution is -0.141. The molecule has 3 rings (SSSR count). The third-order valence-electron chi connectivity index (χ3n) is 4.15. The second kappa shape index (κ2) is 8.96. The van der Waals surface area contributed by atoms with Gasteiger partial charge in [0.05, 0.1) is 11.1 Å². The van der Waals surface area contributed by atoms with Gasteiger partial charge < -0.3 is 9.47 Å². The second-order valence-corrected chi connectivity index (χ2v) is 6.40. The number of ketones is 2. The van der Waals surface area contributed by atoms with Gasteiger partial charge in [-0.05, 0) is 17.2 Å². The highest BCUT2D eigenvalue weighted by Gasteiger charge is 2.38. The summed E-state index contributed by atoms with van der Waals surface area (Å²) in [5, 5.41) is 0. The first-order valence-corrected chi connectivity index (χ1v) is 9.12. The molecular weight excluding hydrogens is 384 g/mol. The van der Waals surface area contributed by atoms with Crippen molar-refractivity contribution in [3.63, 3.8) is 0 Å². The SMILES string of the molecule is CC(=O)OC1=C(C=Cc2ccccc2)C(=O)C(OC(C)=O)=C(c2ccccc2)C1=O. The Kier molecular flexibility index (Phi) is 6.17. The van der Waals surface area contributed by atoms with Gasteiger partial charge in [-0.2, -0.15) is 0 Å². The van der Waals surface area contributed by atoms with Gasteiger partial charge in [0.1, 0.15) is 0 Å². The smallest absolute Gasteiger partial charge is 0.308 e. The molecule has 0 fully saturated rings. The Hall–Kier alpha value is -4.06. The van der Waals surface area contributed by atoms with Crippen LogP contribution in [-0.2, 0) is 28.7 Å². The Morgan fingerprint density at radius 3 is 1.80 bits per heavy atom. The number of esters is 2. The lowest BCUT2D eigenvalue weighted by Gasteiger charge is -2.21. The van der Waals surface area contributed by atoms with E-state index in [2.05, 4.69) is 0 Å². The molecule has 0 radical (unpaired) electrons. The Morgan fingerprint density at radius 2 is 1.23 bits per heavy atom. The minimum Gasteiger partial charge on any atom is -0.422 e.